The molecule has 0 spiro atoms. The van der Waals surface area contributed by atoms with Gasteiger partial charge in [-0.25, -0.2) is 14.6 Å². The molecule has 20 heavy (non-hydrogen) atoms. The third-order valence-corrected chi connectivity index (χ3v) is 3.06. The van der Waals surface area contributed by atoms with Crippen molar-refractivity contribution in [3.8, 4) is 5.88 Å². The smallest absolute Gasteiger partial charge is 0.326 e. The Morgan fingerprint density at radius 1 is 1.50 bits per heavy atom. The van der Waals surface area contributed by atoms with Gasteiger partial charge in [-0.1, -0.05) is 0 Å². The quantitative estimate of drug-likeness (QED) is 0.704. The predicted octanol–water partition coefficient (Wildman–Crippen LogP) is 1.42. The van der Waals surface area contributed by atoms with E-state index in [2.05, 4.69) is 15.6 Å². The van der Waals surface area contributed by atoms with E-state index in [1.807, 2.05) is 6.26 Å². The van der Waals surface area contributed by atoms with Crippen molar-refractivity contribution in [2.24, 2.45) is 0 Å². The molecule has 1 atom stereocenters. The van der Waals surface area contributed by atoms with E-state index in [-0.39, 0.29) is 0 Å². The highest BCUT2D eigenvalue weighted by molar-refractivity contribution is 7.98. The number of carbonyl (C=O) groups is 2. The number of methoxy groups -OCH3 is 1. The minimum absolute atomic E-state index is 0.366. The van der Waals surface area contributed by atoms with E-state index in [0.29, 0.717) is 23.7 Å². The molecule has 110 valence electrons. The maximum atomic E-state index is 11.7. The van der Waals surface area contributed by atoms with Gasteiger partial charge in [0.15, 0.2) is 0 Å². The van der Waals surface area contributed by atoms with Crippen LogP contribution in [0, 0.1) is 0 Å². The van der Waals surface area contributed by atoms with Crippen molar-refractivity contribution in [3.63, 3.8) is 0 Å². The van der Waals surface area contributed by atoms with Crippen molar-refractivity contribution in [1.29, 1.82) is 0 Å². The van der Waals surface area contributed by atoms with Crippen LogP contribution < -0.4 is 15.4 Å². The maximum Gasteiger partial charge on any atom is 0.326 e. The summed E-state index contributed by atoms with van der Waals surface area (Å²) in [5.41, 5.74) is 0.456. The highest BCUT2D eigenvalue weighted by atomic mass is 32.2. The molecule has 0 saturated carbocycles. The van der Waals surface area contributed by atoms with Crippen molar-refractivity contribution in [1.82, 2.24) is 10.3 Å². The second-order valence-electron chi connectivity index (χ2n) is 3.86. The number of rotatable bonds is 7. The molecule has 1 aromatic heterocycles. The first-order valence-electron chi connectivity index (χ1n) is 5.86. The summed E-state index contributed by atoms with van der Waals surface area (Å²) >= 11 is 1.52. The summed E-state index contributed by atoms with van der Waals surface area (Å²) in [5, 5.41) is 13.9. The monoisotopic (exact) mass is 299 g/mol. The fourth-order valence-electron chi connectivity index (χ4n) is 1.39. The molecule has 0 aliphatic rings. The number of amides is 2. The van der Waals surface area contributed by atoms with Gasteiger partial charge in [-0.05, 0) is 24.5 Å². The lowest BCUT2D eigenvalue weighted by Crippen LogP contribution is -2.43. The molecule has 7 nitrogen and oxygen atoms in total. The minimum Gasteiger partial charge on any atom is -0.481 e. The summed E-state index contributed by atoms with van der Waals surface area (Å²) in [7, 11) is 1.49. The molecule has 2 amide bonds. The van der Waals surface area contributed by atoms with Gasteiger partial charge in [-0.3, -0.25) is 0 Å². The van der Waals surface area contributed by atoms with Gasteiger partial charge in [-0.15, -0.1) is 0 Å². The Balaban J connectivity index is 2.53. The Morgan fingerprint density at radius 3 is 2.75 bits per heavy atom. The van der Waals surface area contributed by atoms with E-state index in [1.54, 1.807) is 12.1 Å². The van der Waals surface area contributed by atoms with Crippen LogP contribution in [0.2, 0.25) is 0 Å². The van der Waals surface area contributed by atoms with Crippen molar-refractivity contribution in [2.45, 2.75) is 12.5 Å². The summed E-state index contributed by atoms with van der Waals surface area (Å²) in [6.45, 7) is 0. The number of carboxylic acid groups (broad SMARTS) is 1. The number of aromatic nitrogens is 1. The summed E-state index contributed by atoms with van der Waals surface area (Å²) in [6, 6.07) is 1.72. The molecule has 0 aliphatic carbocycles. The number of carboxylic acids is 1. The van der Waals surface area contributed by atoms with Crippen LogP contribution >= 0.6 is 11.8 Å². The van der Waals surface area contributed by atoms with Gasteiger partial charge in [-0.2, -0.15) is 11.8 Å². The van der Waals surface area contributed by atoms with Gasteiger partial charge in [0.2, 0.25) is 5.88 Å². The van der Waals surface area contributed by atoms with Crippen LogP contribution in [0.1, 0.15) is 6.42 Å². The molecular formula is C12H17N3O4S. The van der Waals surface area contributed by atoms with E-state index in [4.69, 9.17) is 9.84 Å². The van der Waals surface area contributed by atoms with Gasteiger partial charge in [0.1, 0.15) is 6.04 Å². The molecule has 0 aromatic carbocycles. The summed E-state index contributed by atoms with van der Waals surface area (Å²) < 4.78 is 4.89. The number of ether oxygens (including phenoxy) is 1. The normalized spacial score (nSPS) is 11.5. The number of aliphatic carboxylic acids is 1. The molecular weight excluding hydrogens is 282 g/mol. The Labute approximate surface area is 121 Å². The Morgan fingerprint density at radius 2 is 2.25 bits per heavy atom. The SMILES string of the molecule is COc1ccc(NC(=O)NC(CCSC)C(=O)O)cn1. The van der Waals surface area contributed by atoms with Crippen molar-refractivity contribution in [2.75, 3.05) is 24.4 Å². The number of nitrogens with zero attached hydrogens (tertiary/aromatic N) is 1. The predicted molar refractivity (Wildman–Crippen MR) is 77.4 cm³/mol. The lowest BCUT2D eigenvalue weighted by atomic mass is 10.2. The van der Waals surface area contributed by atoms with Crippen LogP contribution in [-0.2, 0) is 4.79 Å². The number of pyridine rings is 1. The largest absolute Gasteiger partial charge is 0.481 e. The van der Waals surface area contributed by atoms with Gasteiger partial charge >= 0.3 is 12.0 Å². The van der Waals surface area contributed by atoms with Gasteiger partial charge in [0, 0.05) is 6.07 Å². The highest BCUT2D eigenvalue weighted by Crippen LogP contribution is 2.10. The van der Waals surface area contributed by atoms with E-state index in [9.17, 15) is 9.59 Å². The average Bonchev–Trinajstić information content (AvgIpc) is 2.44. The molecule has 1 unspecified atom stereocenters. The van der Waals surface area contributed by atoms with Crippen molar-refractivity contribution >= 4 is 29.4 Å². The first-order chi connectivity index (χ1) is 9.56. The van der Waals surface area contributed by atoms with Gasteiger partial charge < -0.3 is 20.5 Å². The number of hydrogen-bond donors (Lipinski definition) is 3. The average molecular weight is 299 g/mol. The molecule has 0 fully saturated rings. The van der Waals surface area contributed by atoms with Crippen LogP contribution in [-0.4, -0.2) is 47.3 Å². The number of nitrogens with one attached hydrogen (secondary N) is 2. The fourth-order valence-corrected chi connectivity index (χ4v) is 1.86. The molecule has 1 rings (SSSR count). The topological polar surface area (TPSA) is 101 Å². The molecule has 0 radical (unpaired) electrons. The number of thioether (sulfide) groups is 1. The third-order valence-electron chi connectivity index (χ3n) is 2.42. The minimum atomic E-state index is -1.05. The van der Waals surface area contributed by atoms with Crippen LogP contribution in [0.15, 0.2) is 18.3 Å². The van der Waals surface area contributed by atoms with Crippen molar-refractivity contribution in [3.05, 3.63) is 18.3 Å². The lowest BCUT2D eigenvalue weighted by molar-refractivity contribution is -0.139. The summed E-state index contributed by atoms with van der Waals surface area (Å²) in [6.07, 6.45) is 3.67. The highest BCUT2D eigenvalue weighted by Gasteiger charge is 2.19. The van der Waals surface area contributed by atoms with E-state index in [1.165, 1.54) is 25.1 Å². The Kier molecular flexibility index (Phi) is 6.65. The molecule has 8 heteroatoms. The molecule has 0 saturated heterocycles. The molecule has 0 aliphatic heterocycles. The summed E-state index contributed by atoms with van der Waals surface area (Å²) in [4.78, 5) is 26.6. The number of anilines is 1. The van der Waals surface area contributed by atoms with Crippen LogP contribution in [0.4, 0.5) is 10.5 Å². The van der Waals surface area contributed by atoms with Gasteiger partial charge in [0.05, 0.1) is 19.0 Å². The summed E-state index contributed by atoms with van der Waals surface area (Å²) in [5.74, 6) is 0.0304. The third kappa shape index (κ3) is 5.35. The molecule has 1 heterocycles. The maximum absolute atomic E-state index is 11.7. The Hall–Kier alpha value is -1.96. The van der Waals surface area contributed by atoms with Gasteiger partial charge in [0.25, 0.3) is 0 Å². The fraction of sp³-hybridized carbons (Fsp3) is 0.417. The first kappa shape index (κ1) is 16.1. The zero-order chi connectivity index (χ0) is 15.0. The molecule has 0 bridgehead atoms. The second-order valence-corrected chi connectivity index (χ2v) is 4.85. The molecule has 1 aromatic rings. The van der Waals surface area contributed by atoms with E-state index < -0.39 is 18.0 Å². The van der Waals surface area contributed by atoms with Crippen LogP contribution in [0.5, 0.6) is 5.88 Å². The van der Waals surface area contributed by atoms with E-state index in [0.717, 1.165) is 0 Å². The number of carbonyl (C=O) groups excluding carboxylic acids is 1. The zero-order valence-corrected chi connectivity index (χ0v) is 12.1. The standard InChI is InChI=1S/C12H17N3O4S/c1-19-10-4-3-8(7-13-10)14-12(18)15-9(11(16)17)5-6-20-2/h3-4,7,9H,5-6H2,1-2H3,(H,16,17)(H2,14,15,18). The first-order valence-corrected chi connectivity index (χ1v) is 7.25. The van der Waals surface area contributed by atoms with Crippen LogP contribution in [0.3, 0.4) is 0 Å². The van der Waals surface area contributed by atoms with Crippen molar-refractivity contribution < 1.29 is 19.4 Å². The number of hydrogen-bond acceptors (Lipinski definition) is 5. The van der Waals surface area contributed by atoms with E-state index >= 15 is 0 Å². The Bertz CT molecular complexity index is 453. The molecule has 3 N–H and O–H groups in total. The number of urea groups is 1. The zero-order valence-electron chi connectivity index (χ0n) is 11.3. The lowest BCUT2D eigenvalue weighted by Gasteiger charge is -2.14. The van der Waals surface area contributed by atoms with Crippen LogP contribution in [0.25, 0.3) is 0 Å². The second kappa shape index (κ2) is 8.26.